The third-order valence-corrected chi connectivity index (χ3v) is 4.51. The molecule has 0 aliphatic heterocycles. The average Bonchev–Trinajstić information content (AvgIpc) is 2.42. The largest absolute Gasteiger partial charge is 0.381 e. The number of nitro groups is 1. The Bertz CT molecular complexity index is 708. The summed E-state index contributed by atoms with van der Waals surface area (Å²) in [7, 11) is 0. The van der Waals surface area contributed by atoms with Crippen molar-refractivity contribution in [1.29, 1.82) is 0 Å². The molecule has 0 aromatic heterocycles. The number of anilines is 1. The summed E-state index contributed by atoms with van der Waals surface area (Å²) in [6, 6.07) is 7.90. The van der Waals surface area contributed by atoms with Gasteiger partial charge in [0.2, 0.25) is 0 Å². The third kappa shape index (κ3) is 3.59. The first-order chi connectivity index (χ1) is 9.90. The predicted molar refractivity (Wildman–Crippen MR) is 87.0 cm³/mol. The second-order valence-corrected chi connectivity index (χ2v) is 6.09. The number of nitro benzene ring substituents is 1. The summed E-state index contributed by atoms with van der Waals surface area (Å²) >= 11 is 6.36. The number of hydrogen-bond donors (Lipinski definition) is 1. The lowest BCUT2D eigenvalue weighted by atomic mass is 10.1. The van der Waals surface area contributed by atoms with Crippen molar-refractivity contribution in [2.75, 3.05) is 5.32 Å². The van der Waals surface area contributed by atoms with Gasteiger partial charge in [0, 0.05) is 18.3 Å². The maximum absolute atomic E-state index is 13.5. The third-order valence-electron chi connectivity index (χ3n) is 2.99. The summed E-state index contributed by atoms with van der Waals surface area (Å²) in [6.45, 7) is 2.21. The van der Waals surface area contributed by atoms with Crippen LogP contribution in [-0.4, -0.2) is 4.92 Å². The van der Waals surface area contributed by atoms with Crippen LogP contribution in [0.1, 0.15) is 11.1 Å². The molecule has 0 unspecified atom stereocenters. The van der Waals surface area contributed by atoms with Crippen molar-refractivity contribution in [3.8, 4) is 0 Å². The molecule has 0 radical (unpaired) electrons. The number of aryl methyl sites for hydroxylation is 1. The molecule has 0 amide bonds. The van der Waals surface area contributed by atoms with Crippen molar-refractivity contribution in [3.05, 3.63) is 66.3 Å². The zero-order chi connectivity index (χ0) is 15.6. The van der Waals surface area contributed by atoms with Crippen LogP contribution in [0.25, 0.3) is 0 Å². The van der Waals surface area contributed by atoms with Crippen molar-refractivity contribution in [3.63, 3.8) is 0 Å². The maximum Gasteiger partial charge on any atom is 0.283 e. The van der Waals surface area contributed by atoms with Gasteiger partial charge in [0.15, 0.2) is 0 Å². The molecule has 1 N–H and O–H groups in total. The molecule has 4 nitrogen and oxygen atoms in total. The summed E-state index contributed by atoms with van der Waals surface area (Å²) in [5.74, 6) is -0.360. The SMILES string of the molecule is Cc1cc(Br)c(F)cc1NCc1cccc([N+](=O)[O-])c1Br. The van der Waals surface area contributed by atoms with E-state index in [4.69, 9.17) is 0 Å². The Morgan fingerprint density at radius 1 is 1.33 bits per heavy atom. The van der Waals surface area contributed by atoms with Gasteiger partial charge >= 0.3 is 0 Å². The van der Waals surface area contributed by atoms with Crippen LogP contribution in [0, 0.1) is 22.9 Å². The van der Waals surface area contributed by atoms with E-state index >= 15 is 0 Å². The van der Waals surface area contributed by atoms with E-state index in [1.165, 1.54) is 12.1 Å². The highest BCUT2D eigenvalue weighted by molar-refractivity contribution is 9.11. The van der Waals surface area contributed by atoms with Gasteiger partial charge in [0.05, 0.1) is 9.40 Å². The van der Waals surface area contributed by atoms with Gasteiger partial charge in [-0.15, -0.1) is 0 Å². The van der Waals surface area contributed by atoms with E-state index in [0.717, 1.165) is 11.1 Å². The Morgan fingerprint density at radius 3 is 2.71 bits per heavy atom. The van der Waals surface area contributed by atoms with E-state index in [1.807, 2.05) is 6.92 Å². The molecular formula is C14H11Br2FN2O2. The summed E-state index contributed by atoms with van der Waals surface area (Å²) in [4.78, 5) is 10.4. The fourth-order valence-electron chi connectivity index (χ4n) is 1.87. The highest BCUT2D eigenvalue weighted by Gasteiger charge is 2.15. The van der Waals surface area contributed by atoms with Gasteiger partial charge in [-0.2, -0.15) is 0 Å². The zero-order valence-corrected chi connectivity index (χ0v) is 14.2. The molecule has 0 aliphatic rings. The van der Waals surface area contributed by atoms with Gasteiger partial charge in [0.1, 0.15) is 10.3 Å². The van der Waals surface area contributed by atoms with Crippen molar-refractivity contribution in [2.45, 2.75) is 13.5 Å². The summed E-state index contributed by atoms with van der Waals surface area (Å²) < 4.78 is 14.4. The van der Waals surface area contributed by atoms with E-state index in [-0.39, 0.29) is 11.5 Å². The quantitative estimate of drug-likeness (QED) is 0.550. The van der Waals surface area contributed by atoms with Crippen LogP contribution in [0.15, 0.2) is 39.3 Å². The first-order valence-electron chi connectivity index (χ1n) is 6.01. The van der Waals surface area contributed by atoms with E-state index in [9.17, 15) is 14.5 Å². The molecule has 2 aromatic carbocycles. The van der Waals surface area contributed by atoms with E-state index < -0.39 is 4.92 Å². The lowest BCUT2D eigenvalue weighted by Gasteiger charge is -2.11. The lowest BCUT2D eigenvalue weighted by Crippen LogP contribution is -2.03. The molecule has 0 bridgehead atoms. The molecule has 7 heteroatoms. The van der Waals surface area contributed by atoms with E-state index in [1.54, 1.807) is 18.2 Å². The number of nitrogens with zero attached hydrogens (tertiary/aromatic N) is 1. The lowest BCUT2D eigenvalue weighted by molar-refractivity contribution is -0.385. The zero-order valence-electron chi connectivity index (χ0n) is 11.0. The fraction of sp³-hybridized carbons (Fsp3) is 0.143. The van der Waals surface area contributed by atoms with Crippen LogP contribution in [0.3, 0.4) is 0 Å². The van der Waals surface area contributed by atoms with Crippen molar-refractivity contribution >= 4 is 43.2 Å². The first kappa shape index (κ1) is 15.9. The van der Waals surface area contributed by atoms with Crippen molar-refractivity contribution in [2.24, 2.45) is 0 Å². The molecule has 110 valence electrons. The van der Waals surface area contributed by atoms with Crippen LogP contribution >= 0.6 is 31.9 Å². The first-order valence-corrected chi connectivity index (χ1v) is 7.60. The number of rotatable bonds is 4. The minimum Gasteiger partial charge on any atom is -0.381 e. The number of benzene rings is 2. The Kier molecular flexibility index (Phi) is 4.95. The normalized spacial score (nSPS) is 10.5. The Labute approximate surface area is 137 Å². The van der Waals surface area contributed by atoms with Crippen molar-refractivity contribution in [1.82, 2.24) is 0 Å². The Hall–Kier alpha value is -1.47. The molecule has 21 heavy (non-hydrogen) atoms. The fourth-order valence-corrected chi connectivity index (χ4v) is 2.88. The summed E-state index contributed by atoms with van der Waals surface area (Å²) in [5, 5.41) is 14.0. The van der Waals surface area contributed by atoms with E-state index in [2.05, 4.69) is 37.2 Å². The average molecular weight is 418 g/mol. The van der Waals surface area contributed by atoms with Gasteiger partial charge in [-0.25, -0.2) is 4.39 Å². The van der Waals surface area contributed by atoms with Gasteiger partial charge < -0.3 is 5.32 Å². The molecule has 0 spiro atoms. The molecule has 2 aromatic rings. The maximum atomic E-state index is 13.5. The minimum absolute atomic E-state index is 0.00742. The Morgan fingerprint density at radius 2 is 2.05 bits per heavy atom. The van der Waals surface area contributed by atoms with Crippen molar-refractivity contribution < 1.29 is 9.31 Å². The molecule has 0 heterocycles. The van der Waals surface area contributed by atoms with Gasteiger partial charge in [-0.1, -0.05) is 12.1 Å². The molecule has 0 saturated carbocycles. The summed E-state index contributed by atoms with van der Waals surface area (Å²) in [6.07, 6.45) is 0. The molecule has 0 fully saturated rings. The van der Waals surface area contributed by atoms with Crippen LogP contribution in [0.4, 0.5) is 15.8 Å². The molecule has 0 saturated heterocycles. The van der Waals surface area contributed by atoms with E-state index in [0.29, 0.717) is 21.2 Å². The predicted octanol–water partition coefficient (Wildman–Crippen LogP) is 5.18. The standard InChI is InChI=1S/C14H11Br2FN2O2/c1-8-5-10(15)11(17)6-12(8)18-7-9-3-2-4-13(14(9)16)19(20)21/h2-6,18H,7H2,1H3. The monoisotopic (exact) mass is 416 g/mol. The number of hydrogen-bond acceptors (Lipinski definition) is 3. The number of nitrogens with one attached hydrogen (secondary N) is 1. The van der Waals surface area contributed by atoms with Crippen LogP contribution in [-0.2, 0) is 6.54 Å². The topological polar surface area (TPSA) is 55.2 Å². The second kappa shape index (κ2) is 6.53. The van der Waals surface area contributed by atoms with Gasteiger partial charge in [-0.05, 0) is 62.0 Å². The van der Waals surface area contributed by atoms with Crippen LogP contribution in [0.2, 0.25) is 0 Å². The highest BCUT2D eigenvalue weighted by Crippen LogP contribution is 2.30. The second-order valence-electron chi connectivity index (χ2n) is 4.44. The molecular weight excluding hydrogens is 407 g/mol. The Balaban J connectivity index is 2.23. The van der Waals surface area contributed by atoms with Crippen LogP contribution < -0.4 is 5.32 Å². The minimum atomic E-state index is -0.446. The summed E-state index contributed by atoms with van der Waals surface area (Å²) in [5.41, 5.74) is 2.26. The molecule has 2 rings (SSSR count). The smallest absolute Gasteiger partial charge is 0.283 e. The highest BCUT2D eigenvalue weighted by atomic mass is 79.9. The molecule has 0 atom stereocenters. The number of halogens is 3. The van der Waals surface area contributed by atoms with Crippen LogP contribution in [0.5, 0.6) is 0 Å². The van der Waals surface area contributed by atoms with Gasteiger partial charge in [-0.3, -0.25) is 10.1 Å². The molecule has 0 aliphatic carbocycles. The van der Waals surface area contributed by atoms with Gasteiger partial charge in [0.25, 0.3) is 5.69 Å².